The fourth-order valence-corrected chi connectivity index (χ4v) is 2.79. The van der Waals surface area contributed by atoms with Crippen LogP contribution in [-0.4, -0.2) is 39.6 Å². The van der Waals surface area contributed by atoms with Crippen LogP contribution in [0.25, 0.3) is 16.9 Å². The second kappa shape index (κ2) is 8.86. The Morgan fingerprint density at radius 3 is 2.42 bits per heavy atom. The highest BCUT2D eigenvalue weighted by atomic mass is 35.5. The molecule has 1 atom stereocenters. The summed E-state index contributed by atoms with van der Waals surface area (Å²) in [4.78, 5) is 25.3. The minimum absolute atomic E-state index is 0.0376. The number of halogens is 5. The van der Waals surface area contributed by atoms with Crippen molar-refractivity contribution in [3.8, 4) is 16.9 Å². The van der Waals surface area contributed by atoms with Gasteiger partial charge in [-0.3, -0.25) is 9.59 Å². The molecule has 2 N–H and O–H groups in total. The van der Waals surface area contributed by atoms with E-state index in [1.807, 2.05) is 0 Å². The maximum atomic E-state index is 13.7. The number of benzene rings is 2. The van der Waals surface area contributed by atoms with Gasteiger partial charge in [0, 0.05) is 10.6 Å². The van der Waals surface area contributed by atoms with Crippen LogP contribution in [0.5, 0.6) is 0 Å². The van der Waals surface area contributed by atoms with Crippen molar-refractivity contribution in [2.45, 2.75) is 12.2 Å². The van der Waals surface area contributed by atoms with E-state index >= 15 is 0 Å². The van der Waals surface area contributed by atoms with Gasteiger partial charge in [-0.05, 0) is 36.4 Å². The van der Waals surface area contributed by atoms with Gasteiger partial charge in [-0.1, -0.05) is 29.8 Å². The van der Waals surface area contributed by atoms with Crippen molar-refractivity contribution in [3.05, 3.63) is 81.4 Å². The maximum absolute atomic E-state index is 13.7. The first-order chi connectivity index (χ1) is 14.6. The molecule has 1 heterocycles. The zero-order valence-corrected chi connectivity index (χ0v) is 16.3. The number of carbonyl (C=O) groups excluding carboxylic acids is 1. The predicted octanol–water partition coefficient (Wildman–Crippen LogP) is 3.35. The Morgan fingerprint density at radius 2 is 1.84 bits per heavy atom. The van der Waals surface area contributed by atoms with Gasteiger partial charge in [0.2, 0.25) is 0 Å². The first kappa shape index (κ1) is 22.4. The molecule has 11 heteroatoms. The first-order valence-electron chi connectivity index (χ1n) is 8.75. The van der Waals surface area contributed by atoms with Gasteiger partial charge in [0.25, 0.3) is 11.5 Å². The fourth-order valence-electron chi connectivity index (χ4n) is 2.67. The van der Waals surface area contributed by atoms with Crippen LogP contribution in [0.3, 0.4) is 0 Å². The summed E-state index contributed by atoms with van der Waals surface area (Å²) in [5, 5.41) is 15.1. The molecule has 0 saturated heterocycles. The number of nitrogens with one attached hydrogen (secondary N) is 1. The molecule has 0 spiro atoms. The molecule has 0 fully saturated rings. The summed E-state index contributed by atoms with van der Waals surface area (Å²) in [6, 6.07) is 9.28. The van der Waals surface area contributed by atoms with E-state index in [9.17, 15) is 27.2 Å². The highest BCUT2D eigenvalue weighted by molar-refractivity contribution is 6.30. The predicted molar refractivity (Wildman–Crippen MR) is 105 cm³/mol. The van der Waals surface area contributed by atoms with E-state index in [1.54, 1.807) is 5.32 Å². The van der Waals surface area contributed by atoms with Gasteiger partial charge in [0.05, 0.1) is 18.0 Å². The molecule has 2 aromatic carbocycles. The number of hydrogen-bond donors (Lipinski definition) is 2. The lowest BCUT2D eigenvalue weighted by molar-refractivity contribution is -0.161. The van der Waals surface area contributed by atoms with Crippen LogP contribution in [0.4, 0.5) is 17.6 Å². The third kappa shape index (κ3) is 5.09. The molecule has 0 bridgehead atoms. The van der Waals surface area contributed by atoms with Crippen LogP contribution in [0.2, 0.25) is 5.02 Å². The zero-order chi connectivity index (χ0) is 22.8. The molecule has 3 rings (SSSR count). The van der Waals surface area contributed by atoms with Gasteiger partial charge in [0.15, 0.2) is 0 Å². The second-order valence-electron chi connectivity index (χ2n) is 6.40. The average molecular weight is 456 g/mol. The minimum Gasteiger partial charge on any atom is -0.394 e. The van der Waals surface area contributed by atoms with Gasteiger partial charge in [-0.25, -0.2) is 4.39 Å². The molecule has 1 aromatic heterocycles. The summed E-state index contributed by atoms with van der Waals surface area (Å²) >= 11 is 5.86. The van der Waals surface area contributed by atoms with Crippen LogP contribution in [0.1, 0.15) is 10.4 Å². The molecule has 1 amide bonds. The van der Waals surface area contributed by atoms with Crippen molar-refractivity contribution < 1.29 is 27.5 Å². The highest BCUT2D eigenvalue weighted by Crippen LogP contribution is 2.22. The Morgan fingerprint density at radius 1 is 1.16 bits per heavy atom. The maximum Gasteiger partial charge on any atom is 0.410 e. The third-order valence-corrected chi connectivity index (χ3v) is 4.48. The smallest absolute Gasteiger partial charge is 0.394 e. The van der Waals surface area contributed by atoms with Crippen molar-refractivity contribution in [2.75, 3.05) is 6.61 Å². The Balaban J connectivity index is 2.16. The van der Waals surface area contributed by atoms with Gasteiger partial charge < -0.3 is 10.4 Å². The number of aliphatic hydroxyl groups is 1. The van der Waals surface area contributed by atoms with Crippen LogP contribution >= 0.6 is 11.6 Å². The molecular formula is C20H14ClF4N3O3. The number of aromatic nitrogens is 2. The lowest BCUT2D eigenvalue weighted by Crippen LogP contribution is -2.49. The molecule has 0 saturated carbocycles. The van der Waals surface area contributed by atoms with E-state index in [4.69, 9.17) is 16.7 Å². The topological polar surface area (TPSA) is 84.2 Å². The Labute approximate surface area is 177 Å². The summed E-state index contributed by atoms with van der Waals surface area (Å²) in [5.41, 5.74) is -1.33. The van der Waals surface area contributed by atoms with Crippen LogP contribution in [0.15, 0.2) is 59.4 Å². The highest BCUT2D eigenvalue weighted by Gasteiger charge is 2.40. The Hall–Kier alpha value is -3.24. The summed E-state index contributed by atoms with van der Waals surface area (Å²) < 4.78 is 53.2. The number of hydrogen-bond acceptors (Lipinski definition) is 4. The quantitative estimate of drug-likeness (QED) is 0.578. The van der Waals surface area contributed by atoms with Gasteiger partial charge >= 0.3 is 6.18 Å². The molecule has 0 aliphatic carbocycles. The largest absolute Gasteiger partial charge is 0.410 e. The second-order valence-corrected chi connectivity index (χ2v) is 6.83. The zero-order valence-electron chi connectivity index (χ0n) is 15.5. The molecule has 0 radical (unpaired) electrons. The molecule has 1 unspecified atom stereocenters. The molecular weight excluding hydrogens is 442 g/mol. The lowest BCUT2D eigenvalue weighted by atomic mass is 10.1. The summed E-state index contributed by atoms with van der Waals surface area (Å²) in [5.74, 6) is -2.06. The summed E-state index contributed by atoms with van der Waals surface area (Å²) in [6.45, 7) is -1.41. The lowest BCUT2D eigenvalue weighted by Gasteiger charge is -2.19. The number of amides is 1. The van der Waals surface area contributed by atoms with Crippen LogP contribution in [-0.2, 0) is 0 Å². The normalized spacial score (nSPS) is 12.5. The van der Waals surface area contributed by atoms with Gasteiger partial charge in [-0.15, -0.1) is 0 Å². The van der Waals surface area contributed by atoms with Gasteiger partial charge in [-0.2, -0.15) is 23.0 Å². The fraction of sp³-hybridized carbons (Fsp3) is 0.150. The number of nitrogens with zero attached hydrogens (tertiary/aromatic N) is 2. The van der Waals surface area contributed by atoms with E-state index < -0.39 is 41.7 Å². The standard InChI is InChI=1S/C20H14ClF4N3O3/c21-12-6-4-11(5-7-12)16-9-15(18(30)26-17(10-29)20(23,24)25)19(31)28(27-16)14-3-1-2-13(22)8-14/h1-9,17,29H,10H2,(H,26,30). The van der Waals surface area contributed by atoms with Crippen molar-refractivity contribution >= 4 is 17.5 Å². The van der Waals surface area contributed by atoms with E-state index in [-0.39, 0.29) is 11.4 Å². The first-order valence-corrected chi connectivity index (χ1v) is 9.12. The number of alkyl halides is 3. The van der Waals surface area contributed by atoms with Crippen molar-refractivity contribution in [3.63, 3.8) is 0 Å². The molecule has 3 aromatic rings. The molecule has 0 aliphatic rings. The minimum atomic E-state index is -4.93. The number of rotatable bonds is 5. The Kier molecular flexibility index (Phi) is 6.42. The SMILES string of the molecule is O=C(NC(CO)C(F)(F)F)c1cc(-c2ccc(Cl)cc2)nn(-c2cccc(F)c2)c1=O. The van der Waals surface area contributed by atoms with E-state index in [1.165, 1.54) is 36.4 Å². The molecule has 31 heavy (non-hydrogen) atoms. The number of aliphatic hydroxyl groups excluding tert-OH is 1. The number of carbonyl (C=O) groups is 1. The molecule has 6 nitrogen and oxygen atoms in total. The van der Waals surface area contributed by atoms with Crippen molar-refractivity contribution in [1.82, 2.24) is 15.1 Å². The van der Waals surface area contributed by atoms with Crippen LogP contribution in [0, 0.1) is 5.82 Å². The third-order valence-electron chi connectivity index (χ3n) is 4.23. The van der Waals surface area contributed by atoms with Gasteiger partial charge in [0.1, 0.15) is 17.4 Å². The van der Waals surface area contributed by atoms with E-state index in [0.717, 1.165) is 18.2 Å². The molecule has 162 valence electrons. The van der Waals surface area contributed by atoms with E-state index in [2.05, 4.69) is 5.10 Å². The van der Waals surface area contributed by atoms with Crippen molar-refractivity contribution in [1.29, 1.82) is 0 Å². The van der Waals surface area contributed by atoms with E-state index in [0.29, 0.717) is 15.3 Å². The monoisotopic (exact) mass is 455 g/mol. The van der Waals surface area contributed by atoms with Crippen molar-refractivity contribution in [2.24, 2.45) is 0 Å². The molecule has 0 aliphatic heterocycles. The summed E-state index contributed by atoms with van der Waals surface area (Å²) in [6.07, 6.45) is -4.93. The summed E-state index contributed by atoms with van der Waals surface area (Å²) in [7, 11) is 0. The van der Waals surface area contributed by atoms with Crippen LogP contribution < -0.4 is 10.9 Å². The Bertz CT molecular complexity index is 1160. The average Bonchev–Trinajstić information content (AvgIpc) is 2.71.